The summed E-state index contributed by atoms with van der Waals surface area (Å²) in [5.41, 5.74) is 13.7. The molecule has 12 nitrogen and oxygen atoms in total. The lowest BCUT2D eigenvalue weighted by Crippen LogP contribution is -2.37. The Morgan fingerprint density at radius 3 is 2.15 bits per heavy atom. The fraction of sp³-hybridized carbons (Fsp3) is 0.458. The van der Waals surface area contributed by atoms with Gasteiger partial charge < -0.3 is 19.0 Å². The maximum atomic E-state index is 5.64. The van der Waals surface area contributed by atoms with Gasteiger partial charge in [0.25, 0.3) is 0 Å². The molecule has 8 aromatic rings. The van der Waals surface area contributed by atoms with Gasteiger partial charge in [0.2, 0.25) is 0 Å². The molecule has 1 N–H and O–H groups in total. The molecule has 2 fully saturated rings. The highest BCUT2D eigenvalue weighted by Crippen LogP contribution is 2.46. The molecule has 2 saturated heterocycles. The lowest BCUT2D eigenvalue weighted by atomic mass is 9.77. The zero-order valence-electron chi connectivity index (χ0n) is 41.7. The summed E-state index contributed by atoms with van der Waals surface area (Å²) >= 11 is 0. The number of fused-ring (bicyclic) bond motifs is 8. The number of nitrogens with zero attached hydrogens (tertiary/aromatic N) is 9. The van der Waals surface area contributed by atoms with Crippen molar-refractivity contribution in [3.05, 3.63) is 143 Å². The minimum atomic E-state index is 0.170. The zero-order valence-corrected chi connectivity index (χ0v) is 41.7. The molecule has 0 saturated carbocycles. The molecule has 71 heavy (non-hydrogen) atoms. The van der Waals surface area contributed by atoms with Gasteiger partial charge in [0.1, 0.15) is 0 Å². The van der Waals surface area contributed by atoms with Crippen molar-refractivity contribution in [1.82, 2.24) is 49.1 Å². The van der Waals surface area contributed by atoms with Crippen molar-refractivity contribution in [2.24, 2.45) is 0 Å². The van der Waals surface area contributed by atoms with E-state index in [9.17, 15) is 0 Å². The Morgan fingerprint density at radius 2 is 1.32 bits per heavy atom. The standard InChI is InChI=1S/C59H70N10O2/c1-65(40-51-59-47(22-26-61-51)44-14-2-3-18-52(44)69(59)31-7-5-29-67-34-38-71-39-35-67)53-21-20-43(46-16-11-25-63-58(46)53)45-15-9-17-49-55(45)48-23-27-60-50(57(48)64-49)41-68(30-6-4-28-66-32-36-70-37-33-66)54-19-8-12-42-13-10-24-62-56(42)54/h2-3,9-11,13-18,22-27,43,53-54,64H,4-8,12,19-21,28-41H2,1H3. The third kappa shape index (κ3) is 9.51. The molecule has 8 heterocycles. The van der Waals surface area contributed by atoms with E-state index in [-0.39, 0.29) is 18.0 Å². The van der Waals surface area contributed by atoms with Gasteiger partial charge in [-0.25, -0.2) is 0 Å². The number of unbranched alkanes of at least 4 members (excludes halogenated alkanes) is 2. The maximum Gasteiger partial charge on any atom is 0.0786 e. The SMILES string of the molecule is CN(Cc1nccc2c3ccccc3n(CCCCN3CCOCC3)c12)C1CCC(c2cccc3[nH]c4c(CN(CCCCN5CCOCC5)C5CCCc6cccnc65)nccc4c23)c2cccnc21. The van der Waals surface area contributed by atoms with Crippen molar-refractivity contribution in [3.8, 4) is 0 Å². The minimum absolute atomic E-state index is 0.170. The fourth-order valence-electron chi connectivity index (χ4n) is 12.9. The smallest absolute Gasteiger partial charge is 0.0786 e. The molecule has 2 aliphatic heterocycles. The van der Waals surface area contributed by atoms with E-state index in [1.54, 1.807) is 0 Å². The highest BCUT2D eigenvalue weighted by Gasteiger charge is 2.34. The van der Waals surface area contributed by atoms with Gasteiger partial charge in [-0.2, -0.15) is 0 Å². The summed E-state index contributed by atoms with van der Waals surface area (Å²) in [5, 5.41) is 5.18. The number of para-hydroxylation sites is 1. The van der Waals surface area contributed by atoms with E-state index in [0.717, 1.165) is 147 Å². The van der Waals surface area contributed by atoms with Crippen LogP contribution in [-0.2, 0) is 35.5 Å². The Bertz CT molecular complexity index is 3100. The Labute approximate surface area is 418 Å². The van der Waals surface area contributed by atoms with Gasteiger partial charge in [-0.1, -0.05) is 42.5 Å². The van der Waals surface area contributed by atoms with E-state index in [2.05, 4.69) is 115 Å². The summed E-state index contributed by atoms with van der Waals surface area (Å²) in [7, 11) is 2.28. The average molecular weight is 951 g/mol. The predicted octanol–water partition coefficient (Wildman–Crippen LogP) is 10.2. The Hall–Kier alpha value is -5.60. The largest absolute Gasteiger partial charge is 0.379 e. The van der Waals surface area contributed by atoms with E-state index in [1.807, 2.05) is 24.8 Å². The summed E-state index contributed by atoms with van der Waals surface area (Å²) in [6.45, 7) is 13.3. The van der Waals surface area contributed by atoms with Gasteiger partial charge in [-0.3, -0.25) is 39.5 Å². The van der Waals surface area contributed by atoms with E-state index in [0.29, 0.717) is 0 Å². The first-order valence-corrected chi connectivity index (χ1v) is 26.8. The Kier molecular flexibility index (Phi) is 13.9. The van der Waals surface area contributed by atoms with E-state index >= 15 is 0 Å². The number of H-pyrrole nitrogens is 1. The molecule has 0 radical (unpaired) electrons. The zero-order chi connectivity index (χ0) is 47.5. The van der Waals surface area contributed by atoms with Gasteiger partial charge in [0.15, 0.2) is 0 Å². The molecule has 2 aliphatic carbocycles. The van der Waals surface area contributed by atoms with Crippen molar-refractivity contribution in [2.45, 2.75) is 95.4 Å². The molecule has 12 rings (SSSR count). The van der Waals surface area contributed by atoms with Gasteiger partial charge in [-0.15, -0.1) is 0 Å². The van der Waals surface area contributed by atoms with Gasteiger partial charge in [0, 0.05) is 109 Å². The monoisotopic (exact) mass is 951 g/mol. The first kappa shape index (κ1) is 46.5. The minimum Gasteiger partial charge on any atom is -0.379 e. The number of aromatic nitrogens is 6. The normalized spacial score (nSPS) is 20.2. The number of benzene rings is 2. The number of hydrogen-bond donors (Lipinski definition) is 1. The molecule has 3 unspecified atom stereocenters. The van der Waals surface area contributed by atoms with Crippen LogP contribution < -0.4 is 0 Å². The van der Waals surface area contributed by atoms with Crippen LogP contribution in [0, 0.1) is 0 Å². The average Bonchev–Trinajstić information content (AvgIpc) is 3.98. The van der Waals surface area contributed by atoms with Crippen molar-refractivity contribution in [2.75, 3.05) is 79.3 Å². The van der Waals surface area contributed by atoms with Crippen molar-refractivity contribution in [1.29, 1.82) is 0 Å². The lowest BCUT2D eigenvalue weighted by Gasteiger charge is -2.36. The van der Waals surface area contributed by atoms with Crippen LogP contribution in [0.25, 0.3) is 43.6 Å². The van der Waals surface area contributed by atoms with Crippen LogP contribution in [0.15, 0.2) is 104 Å². The Morgan fingerprint density at radius 1 is 0.606 bits per heavy atom. The number of ether oxygens (including phenoxy) is 2. The van der Waals surface area contributed by atoms with Crippen LogP contribution >= 0.6 is 0 Å². The molecular weight excluding hydrogens is 881 g/mol. The highest BCUT2D eigenvalue weighted by molar-refractivity contribution is 6.10. The molecule has 0 amide bonds. The topological polar surface area (TPSA) is 104 Å². The van der Waals surface area contributed by atoms with Crippen molar-refractivity contribution in [3.63, 3.8) is 0 Å². The molecule has 368 valence electrons. The summed E-state index contributed by atoms with van der Waals surface area (Å²) in [6, 6.07) is 29.6. The second-order valence-electron chi connectivity index (χ2n) is 20.7. The third-order valence-electron chi connectivity index (χ3n) is 16.5. The lowest BCUT2D eigenvalue weighted by molar-refractivity contribution is 0.0365. The number of aryl methyl sites for hydroxylation is 2. The second kappa shape index (κ2) is 21.2. The summed E-state index contributed by atoms with van der Waals surface area (Å²) in [6.07, 6.45) is 18.1. The Balaban J connectivity index is 0.814. The molecule has 3 atom stereocenters. The number of pyridine rings is 4. The van der Waals surface area contributed by atoms with Crippen LogP contribution in [0.1, 0.15) is 109 Å². The van der Waals surface area contributed by atoms with Crippen LogP contribution in [-0.4, -0.2) is 128 Å². The van der Waals surface area contributed by atoms with Gasteiger partial charge in [0.05, 0.1) is 72.3 Å². The number of morpholine rings is 2. The molecule has 12 heteroatoms. The summed E-state index contributed by atoms with van der Waals surface area (Å²) in [4.78, 5) is 34.8. The molecular formula is C59H70N10O2. The van der Waals surface area contributed by atoms with E-state index < -0.39 is 0 Å². The fourth-order valence-corrected chi connectivity index (χ4v) is 12.9. The molecule has 2 aromatic carbocycles. The highest BCUT2D eigenvalue weighted by atomic mass is 16.5. The van der Waals surface area contributed by atoms with Gasteiger partial charge >= 0.3 is 0 Å². The van der Waals surface area contributed by atoms with Crippen LogP contribution in [0.3, 0.4) is 0 Å². The van der Waals surface area contributed by atoms with Crippen molar-refractivity contribution < 1.29 is 9.47 Å². The number of rotatable bonds is 17. The number of aromatic amines is 1. The van der Waals surface area contributed by atoms with Crippen molar-refractivity contribution >= 4 is 43.6 Å². The van der Waals surface area contributed by atoms with Crippen LogP contribution in [0.4, 0.5) is 0 Å². The quantitative estimate of drug-likeness (QED) is 0.0888. The van der Waals surface area contributed by atoms with E-state index in [4.69, 9.17) is 29.4 Å². The van der Waals surface area contributed by atoms with Crippen LogP contribution in [0.5, 0.6) is 0 Å². The summed E-state index contributed by atoms with van der Waals surface area (Å²) < 4.78 is 13.8. The molecule has 6 aromatic heterocycles. The first-order valence-electron chi connectivity index (χ1n) is 26.8. The summed E-state index contributed by atoms with van der Waals surface area (Å²) in [5.74, 6) is 0.219. The number of hydrogen-bond acceptors (Lipinski definition) is 10. The molecule has 4 aliphatic rings. The number of nitrogens with one attached hydrogen (secondary N) is 1. The first-order chi connectivity index (χ1) is 35.2. The molecule has 0 bridgehead atoms. The molecule has 0 spiro atoms. The third-order valence-corrected chi connectivity index (χ3v) is 16.5. The van der Waals surface area contributed by atoms with Gasteiger partial charge in [-0.05, 0) is 138 Å². The second-order valence-corrected chi connectivity index (χ2v) is 20.7. The van der Waals surface area contributed by atoms with E-state index in [1.165, 1.54) is 85.4 Å². The maximum absolute atomic E-state index is 5.64. The predicted molar refractivity (Wildman–Crippen MR) is 284 cm³/mol. The van der Waals surface area contributed by atoms with Crippen LogP contribution in [0.2, 0.25) is 0 Å².